The lowest BCUT2D eigenvalue weighted by Gasteiger charge is -2.38. The Balaban J connectivity index is 1.64. The van der Waals surface area contributed by atoms with E-state index in [2.05, 4.69) is 5.32 Å². The number of fused-ring (bicyclic) bond motifs is 1. The van der Waals surface area contributed by atoms with E-state index in [0.717, 1.165) is 18.4 Å². The Hall–Kier alpha value is -2.95. The summed E-state index contributed by atoms with van der Waals surface area (Å²) in [5, 5.41) is 12.7. The number of carbonyl (C=O) groups excluding carboxylic acids is 2. The highest BCUT2D eigenvalue weighted by Gasteiger charge is 2.36. The number of carbonyl (C=O) groups is 2. The predicted octanol–water partition coefficient (Wildman–Crippen LogP) is 2.88. The van der Waals surface area contributed by atoms with Gasteiger partial charge >= 0.3 is 0 Å². The molecule has 1 fully saturated rings. The average Bonchev–Trinajstić information content (AvgIpc) is 3.72. The topological polar surface area (TPSA) is 116 Å². The van der Waals surface area contributed by atoms with Crippen LogP contribution in [0.1, 0.15) is 42.6 Å². The van der Waals surface area contributed by atoms with Gasteiger partial charge in [0, 0.05) is 31.1 Å². The van der Waals surface area contributed by atoms with Gasteiger partial charge in [-0.1, -0.05) is 24.6 Å². The third-order valence-electron chi connectivity index (χ3n) is 7.05. The van der Waals surface area contributed by atoms with E-state index in [1.54, 1.807) is 54.3 Å². The Kier molecular flexibility index (Phi) is 7.91. The molecular weight excluding hydrogens is 494 g/mol. The maximum absolute atomic E-state index is 13.5. The molecule has 1 heterocycles. The van der Waals surface area contributed by atoms with Crippen molar-refractivity contribution in [1.82, 2.24) is 9.21 Å². The van der Waals surface area contributed by atoms with Crippen molar-refractivity contribution in [2.24, 2.45) is 11.8 Å². The number of amides is 2. The van der Waals surface area contributed by atoms with Crippen molar-refractivity contribution < 1.29 is 27.9 Å². The van der Waals surface area contributed by atoms with Crippen molar-refractivity contribution in [2.75, 3.05) is 32.1 Å². The summed E-state index contributed by atoms with van der Waals surface area (Å²) in [7, 11) is -2.24. The number of aliphatic hydroxyl groups excluding tert-OH is 1. The van der Waals surface area contributed by atoms with Crippen LogP contribution in [-0.2, 0) is 14.8 Å². The normalized spacial score (nSPS) is 21.0. The molecule has 3 atom stereocenters. The van der Waals surface area contributed by atoms with Crippen LogP contribution in [0, 0.1) is 18.8 Å². The Morgan fingerprint density at radius 1 is 1.22 bits per heavy atom. The SMILES string of the molecule is Cc1ccc(S(=O)(=O)N(C)C[C@H]2Oc3ccc(NC(=O)C4CC4)cc3C(=O)N([C@@H](C)CO)C[C@H]2C)cc1. The molecule has 0 aromatic heterocycles. The van der Waals surface area contributed by atoms with Gasteiger partial charge in [0.25, 0.3) is 5.91 Å². The zero-order valence-electron chi connectivity index (χ0n) is 21.7. The van der Waals surface area contributed by atoms with Crippen LogP contribution in [0.3, 0.4) is 0 Å². The van der Waals surface area contributed by atoms with Crippen molar-refractivity contribution >= 4 is 27.5 Å². The zero-order chi connectivity index (χ0) is 26.9. The molecule has 9 nitrogen and oxygen atoms in total. The fourth-order valence-electron chi connectivity index (χ4n) is 4.35. The first-order valence-corrected chi connectivity index (χ1v) is 14.0. The standard InChI is InChI=1S/C27H35N3O6S/c1-17-5-10-22(11-6-17)37(34,35)29(4)15-25-18(2)14-30(19(3)16-31)27(33)23-13-21(9-12-24(23)36-25)28-26(32)20-7-8-20/h5-6,9-13,18-20,25,31H,7-8,14-16H2,1-4H3,(H,28,32)/t18-,19+,25-/m1/s1. The molecule has 200 valence electrons. The van der Waals surface area contributed by atoms with Crippen molar-refractivity contribution in [1.29, 1.82) is 0 Å². The lowest BCUT2D eigenvalue weighted by Crippen LogP contribution is -2.50. The summed E-state index contributed by atoms with van der Waals surface area (Å²) in [6.07, 6.45) is 1.15. The van der Waals surface area contributed by atoms with Gasteiger partial charge in [0.1, 0.15) is 11.9 Å². The number of sulfonamides is 1. The number of aryl methyl sites for hydroxylation is 1. The zero-order valence-corrected chi connectivity index (χ0v) is 22.5. The molecule has 1 aliphatic heterocycles. The van der Waals surface area contributed by atoms with E-state index in [4.69, 9.17) is 4.74 Å². The van der Waals surface area contributed by atoms with Gasteiger partial charge in [-0.05, 0) is 57.0 Å². The molecule has 2 amide bonds. The lowest BCUT2D eigenvalue weighted by atomic mass is 9.99. The van der Waals surface area contributed by atoms with Crippen LogP contribution in [0.5, 0.6) is 5.75 Å². The second-order valence-corrected chi connectivity index (χ2v) is 12.2. The van der Waals surface area contributed by atoms with Gasteiger partial charge in [0.05, 0.1) is 29.7 Å². The number of anilines is 1. The molecule has 1 aliphatic carbocycles. The summed E-state index contributed by atoms with van der Waals surface area (Å²) in [5.41, 5.74) is 1.72. The molecule has 37 heavy (non-hydrogen) atoms. The first-order chi connectivity index (χ1) is 17.5. The maximum atomic E-state index is 13.5. The van der Waals surface area contributed by atoms with E-state index in [9.17, 15) is 23.1 Å². The molecule has 4 rings (SSSR count). The summed E-state index contributed by atoms with van der Waals surface area (Å²) in [5.74, 6) is -0.312. The number of nitrogens with zero attached hydrogens (tertiary/aromatic N) is 2. The highest BCUT2D eigenvalue weighted by atomic mass is 32.2. The van der Waals surface area contributed by atoms with E-state index in [1.165, 1.54) is 11.4 Å². The molecule has 0 bridgehead atoms. The summed E-state index contributed by atoms with van der Waals surface area (Å²) in [6.45, 7) is 5.66. The van der Waals surface area contributed by atoms with Crippen LogP contribution < -0.4 is 10.1 Å². The molecule has 0 radical (unpaired) electrons. The number of likely N-dealkylation sites (N-methyl/N-ethyl adjacent to an activating group) is 1. The van der Waals surface area contributed by atoms with Crippen molar-refractivity contribution in [2.45, 2.75) is 50.7 Å². The van der Waals surface area contributed by atoms with Crippen LogP contribution >= 0.6 is 0 Å². The maximum Gasteiger partial charge on any atom is 0.258 e. The van der Waals surface area contributed by atoms with E-state index in [0.29, 0.717) is 11.4 Å². The number of aliphatic hydroxyl groups is 1. The Morgan fingerprint density at radius 3 is 2.51 bits per heavy atom. The first-order valence-electron chi connectivity index (χ1n) is 12.6. The Labute approximate surface area is 218 Å². The lowest BCUT2D eigenvalue weighted by molar-refractivity contribution is -0.117. The van der Waals surface area contributed by atoms with Crippen molar-refractivity contribution in [3.63, 3.8) is 0 Å². The van der Waals surface area contributed by atoms with Gasteiger partial charge in [-0.2, -0.15) is 4.31 Å². The van der Waals surface area contributed by atoms with E-state index in [-0.39, 0.29) is 53.8 Å². The highest BCUT2D eigenvalue weighted by molar-refractivity contribution is 7.89. The summed E-state index contributed by atoms with van der Waals surface area (Å²) >= 11 is 0. The van der Waals surface area contributed by atoms with Crippen LogP contribution in [0.2, 0.25) is 0 Å². The van der Waals surface area contributed by atoms with Gasteiger partial charge in [0.15, 0.2) is 0 Å². The van der Waals surface area contributed by atoms with Crippen molar-refractivity contribution in [3.05, 3.63) is 53.6 Å². The molecule has 0 unspecified atom stereocenters. The van der Waals surface area contributed by atoms with E-state index in [1.807, 2.05) is 13.8 Å². The molecular formula is C27H35N3O6S. The summed E-state index contributed by atoms with van der Waals surface area (Å²) in [4.78, 5) is 27.6. The fourth-order valence-corrected chi connectivity index (χ4v) is 5.53. The third-order valence-corrected chi connectivity index (χ3v) is 8.88. The number of nitrogens with one attached hydrogen (secondary N) is 1. The van der Waals surface area contributed by atoms with Crippen molar-refractivity contribution in [3.8, 4) is 5.75 Å². The second-order valence-electron chi connectivity index (χ2n) is 10.2. The van der Waals surface area contributed by atoms with Gasteiger partial charge in [-0.15, -0.1) is 0 Å². The van der Waals surface area contributed by atoms with Gasteiger partial charge in [0.2, 0.25) is 15.9 Å². The van der Waals surface area contributed by atoms with Crippen LogP contribution in [0.15, 0.2) is 47.4 Å². The molecule has 0 spiro atoms. The molecule has 10 heteroatoms. The second kappa shape index (κ2) is 10.8. The minimum absolute atomic E-state index is 0.0103. The smallest absolute Gasteiger partial charge is 0.258 e. The first kappa shape index (κ1) is 27.1. The minimum Gasteiger partial charge on any atom is -0.488 e. The number of rotatable bonds is 8. The molecule has 2 N–H and O–H groups in total. The van der Waals surface area contributed by atoms with Gasteiger partial charge in [-0.25, -0.2) is 8.42 Å². The predicted molar refractivity (Wildman–Crippen MR) is 140 cm³/mol. The Morgan fingerprint density at radius 2 is 1.89 bits per heavy atom. The number of hydrogen-bond acceptors (Lipinski definition) is 6. The van der Waals surface area contributed by atoms with Crippen LogP contribution in [0.25, 0.3) is 0 Å². The largest absolute Gasteiger partial charge is 0.488 e. The summed E-state index contributed by atoms with van der Waals surface area (Å²) in [6, 6.07) is 11.1. The van der Waals surface area contributed by atoms with Gasteiger partial charge < -0.3 is 20.1 Å². The molecule has 2 aromatic carbocycles. The van der Waals surface area contributed by atoms with E-state index < -0.39 is 22.2 Å². The number of ether oxygens (including phenoxy) is 1. The number of hydrogen-bond donors (Lipinski definition) is 2. The van der Waals surface area contributed by atoms with Gasteiger partial charge in [-0.3, -0.25) is 9.59 Å². The molecule has 1 saturated carbocycles. The minimum atomic E-state index is -3.76. The highest BCUT2D eigenvalue weighted by Crippen LogP contribution is 2.33. The molecule has 2 aromatic rings. The quantitative estimate of drug-likeness (QED) is 0.543. The van der Waals surface area contributed by atoms with Crippen LogP contribution in [0.4, 0.5) is 5.69 Å². The summed E-state index contributed by atoms with van der Waals surface area (Å²) < 4.78 is 34.0. The monoisotopic (exact) mass is 529 g/mol. The van der Waals surface area contributed by atoms with Crippen LogP contribution in [-0.4, -0.2) is 73.4 Å². The average molecular weight is 530 g/mol. The third kappa shape index (κ3) is 5.97. The van der Waals surface area contributed by atoms with E-state index >= 15 is 0 Å². The number of benzene rings is 2. The Bertz CT molecular complexity index is 1260. The molecule has 2 aliphatic rings. The molecule has 0 saturated heterocycles. The fraction of sp³-hybridized carbons (Fsp3) is 0.481.